The lowest BCUT2D eigenvalue weighted by Gasteiger charge is -2.20. The van der Waals surface area contributed by atoms with Gasteiger partial charge in [0.1, 0.15) is 13.2 Å². The van der Waals surface area contributed by atoms with Crippen LogP contribution >= 0.6 is 0 Å². The summed E-state index contributed by atoms with van der Waals surface area (Å²) in [5.74, 6) is 1.02. The Morgan fingerprint density at radius 1 is 1.25 bits per heavy atom. The number of ether oxygens (including phenoxy) is 2. The number of anilines is 2. The van der Waals surface area contributed by atoms with Gasteiger partial charge in [0.25, 0.3) is 0 Å². The Kier molecular flexibility index (Phi) is 2.55. The molecule has 1 heterocycles. The monoisotopic (exact) mass is 244 g/mol. The molecule has 6 nitrogen and oxygen atoms in total. The van der Waals surface area contributed by atoms with Crippen LogP contribution in [0, 0.1) is 0 Å². The molecule has 1 aliphatic heterocycles. The van der Waals surface area contributed by atoms with E-state index in [9.17, 15) is 8.42 Å². The number of fused-ring (bicyclic) bond motifs is 1. The molecule has 0 fully saturated rings. The third-order valence-electron chi connectivity index (χ3n) is 2.01. The van der Waals surface area contributed by atoms with Crippen LogP contribution in [-0.2, 0) is 10.0 Å². The summed E-state index contributed by atoms with van der Waals surface area (Å²) >= 11 is 0. The molecule has 0 unspecified atom stereocenters. The normalized spacial score (nSPS) is 14.6. The lowest BCUT2D eigenvalue weighted by atomic mass is 10.2. The van der Waals surface area contributed by atoms with Crippen molar-refractivity contribution in [3.8, 4) is 11.5 Å². The molecular formula is C9H12N2O4S. The minimum absolute atomic E-state index is 0.298. The van der Waals surface area contributed by atoms with Gasteiger partial charge >= 0.3 is 0 Å². The molecule has 7 heteroatoms. The van der Waals surface area contributed by atoms with Crippen LogP contribution in [0.15, 0.2) is 12.1 Å². The van der Waals surface area contributed by atoms with Crippen LogP contribution in [0.5, 0.6) is 11.5 Å². The van der Waals surface area contributed by atoms with Gasteiger partial charge in [-0.3, -0.25) is 4.72 Å². The summed E-state index contributed by atoms with van der Waals surface area (Å²) in [6.07, 6.45) is 1.06. The number of hydrogen-bond donors (Lipinski definition) is 2. The summed E-state index contributed by atoms with van der Waals surface area (Å²) in [6.45, 7) is 0.903. The first-order valence-electron chi connectivity index (χ1n) is 4.62. The molecule has 0 spiro atoms. The zero-order valence-corrected chi connectivity index (χ0v) is 9.50. The molecule has 1 aliphatic rings. The summed E-state index contributed by atoms with van der Waals surface area (Å²) in [7, 11) is -3.35. The predicted molar refractivity (Wildman–Crippen MR) is 60.3 cm³/mol. The Bertz CT molecular complexity index is 512. The summed E-state index contributed by atoms with van der Waals surface area (Å²) < 4.78 is 35.1. The van der Waals surface area contributed by atoms with Gasteiger partial charge in [0.15, 0.2) is 11.5 Å². The second kappa shape index (κ2) is 3.75. The molecule has 1 aromatic carbocycles. The van der Waals surface area contributed by atoms with Gasteiger partial charge in [0, 0.05) is 12.1 Å². The first-order valence-corrected chi connectivity index (χ1v) is 6.52. The SMILES string of the molecule is CS(=O)(=O)Nc1cc2c(cc1N)OCCO2. The van der Waals surface area contributed by atoms with Crippen LogP contribution < -0.4 is 19.9 Å². The molecule has 16 heavy (non-hydrogen) atoms. The summed E-state index contributed by atoms with van der Waals surface area (Å²) in [6, 6.07) is 3.06. The van der Waals surface area contributed by atoms with Crippen molar-refractivity contribution in [1.82, 2.24) is 0 Å². The summed E-state index contributed by atoms with van der Waals surface area (Å²) in [5.41, 5.74) is 6.29. The van der Waals surface area contributed by atoms with Crippen molar-refractivity contribution in [2.45, 2.75) is 0 Å². The average molecular weight is 244 g/mol. The van der Waals surface area contributed by atoms with Crippen LogP contribution in [0.1, 0.15) is 0 Å². The Labute approximate surface area is 93.4 Å². The van der Waals surface area contributed by atoms with E-state index < -0.39 is 10.0 Å². The van der Waals surface area contributed by atoms with Gasteiger partial charge in [0.2, 0.25) is 10.0 Å². The maximum atomic E-state index is 11.1. The van der Waals surface area contributed by atoms with E-state index in [-0.39, 0.29) is 0 Å². The maximum absolute atomic E-state index is 11.1. The molecule has 0 bridgehead atoms. The highest BCUT2D eigenvalue weighted by molar-refractivity contribution is 7.92. The fourth-order valence-corrected chi connectivity index (χ4v) is 1.97. The predicted octanol–water partition coefficient (Wildman–Crippen LogP) is 0.411. The number of hydrogen-bond acceptors (Lipinski definition) is 5. The van der Waals surface area contributed by atoms with Crippen LogP contribution in [0.2, 0.25) is 0 Å². The van der Waals surface area contributed by atoms with Gasteiger partial charge in [-0.15, -0.1) is 0 Å². The smallest absolute Gasteiger partial charge is 0.229 e. The standard InChI is InChI=1S/C9H12N2O4S/c1-16(12,13)11-7-5-9-8(4-6(7)10)14-2-3-15-9/h4-5,11H,2-3,10H2,1H3. The summed E-state index contributed by atoms with van der Waals surface area (Å²) in [5, 5.41) is 0. The average Bonchev–Trinajstić information content (AvgIpc) is 2.17. The minimum atomic E-state index is -3.35. The first kappa shape index (κ1) is 10.9. The molecule has 0 atom stereocenters. The maximum Gasteiger partial charge on any atom is 0.229 e. The number of benzene rings is 1. The summed E-state index contributed by atoms with van der Waals surface area (Å²) in [4.78, 5) is 0. The molecule has 0 aliphatic carbocycles. The second-order valence-electron chi connectivity index (χ2n) is 3.46. The van der Waals surface area contributed by atoms with E-state index in [2.05, 4.69) is 4.72 Å². The van der Waals surface area contributed by atoms with E-state index in [1.807, 2.05) is 0 Å². The van der Waals surface area contributed by atoms with E-state index in [1.54, 1.807) is 6.07 Å². The van der Waals surface area contributed by atoms with Crippen molar-refractivity contribution in [2.24, 2.45) is 0 Å². The van der Waals surface area contributed by atoms with Gasteiger partial charge in [-0.2, -0.15) is 0 Å². The zero-order chi connectivity index (χ0) is 11.8. The molecule has 3 N–H and O–H groups in total. The third-order valence-corrected chi connectivity index (χ3v) is 2.60. The van der Waals surface area contributed by atoms with Gasteiger partial charge in [0.05, 0.1) is 17.6 Å². The Morgan fingerprint density at radius 2 is 1.81 bits per heavy atom. The zero-order valence-electron chi connectivity index (χ0n) is 8.69. The van der Waals surface area contributed by atoms with Crippen molar-refractivity contribution in [1.29, 1.82) is 0 Å². The van der Waals surface area contributed by atoms with E-state index in [0.29, 0.717) is 36.1 Å². The van der Waals surface area contributed by atoms with Gasteiger partial charge in [-0.25, -0.2) is 8.42 Å². The third kappa shape index (κ3) is 2.30. The van der Waals surface area contributed by atoms with Crippen molar-refractivity contribution in [3.05, 3.63) is 12.1 Å². The van der Waals surface area contributed by atoms with Crippen LogP contribution in [0.4, 0.5) is 11.4 Å². The molecule has 1 aromatic rings. The molecular weight excluding hydrogens is 232 g/mol. The van der Waals surface area contributed by atoms with Gasteiger partial charge in [-0.1, -0.05) is 0 Å². The second-order valence-corrected chi connectivity index (χ2v) is 5.21. The first-order chi connectivity index (χ1) is 7.46. The fraction of sp³-hybridized carbons (Fsp3) is 0.333. The number of sulfonamides is 1. The highest BCUT2D eigenvalue weighted by Gasteiger charge is 2.16. The van der Waals surface area contributed by atoms with Crippen LogP contribution in [0.3, 0.4) is 0 Å². The van der Waals surface area contributed by atoms with Crippen molar-refractivity contribution >= 4 is 21.4 Å². The largest absolute Gasteiger partial charge is 0.486 e. The number of nitrogens with one attached hydrogen (secondary N) is 1. The van der Waals surface area contributed by atoms with Crippen molar-refractivity contribution < 1.29 is 17.9 Å². The van der Waals surface area contributed by atoms with Crippen LogP contribution in [-0.4, -0.2) is 27.9 Å². The molecule has 88 valence electrons. The highest BCUT2D eigenvalue weighted by atomic mass is 32.2. The van der Waals surface area contributed by atoms with Crippen molar-refractivity contribution in [2.75, 3.05) is 29.9 Å². The molecule has 0 radical (unpaired) electrons. The lowest BCUT2D eigenvalue weighted by molar-refractivity contribution is 0.172. The molecule has 2 rings (SSSR count). The van der Waals surface area contributed by atoms with Gasteiger partial charge in [-0.05, 0) is 0 Å². The highest BCUT2D eigenvalue weighted by Crippen LogP contribution is 2.37. The Morgan fingerprint density at radius 3 is 2.38 bits per heavy atom. The molecule has 0 saturated carbocycles. The number of rotatable bonds is 2. The molecule has 0 saturated heterocycles. The molecule has 0 amide bonds. The van der Waals surface area contributed by atoms with Gasteiger partial charge < -0.3 is 15.2 Å². The topological polar surface area (TPSA) is 90.7 Å². The Hall–Kier alpha value is -1.63. The molecule has 0 aromatic heterocycles. The minimum Gasteiger partial charge on any atom is -0.486 e. The lowest BCUT2D eigenvalue weighted by Crippen LogP contribution is -2.17. The van der Waals surface area contributed by atoms with E-state index in [0.717, 1.165) is 6.26 Å². The van der Waals surface area contributed by atoms with Crippen LogP contribution in [0.25, 0.3) is 0 Å². The van der Waals surface area contributed by atoms with Crippen molar-refractivity contribution in [3.63, 3.8) is 0 Å². The van der Waals surface area contributed by atoms with E-state index >= 15 is 0 Å². The van der Waals surface area contributed by atoms with E-state index in [1.165, 1.54) is 6.07 Å². The Balaban J connectivity index is 2.40. The number of nitrogens with two attached hydrogens (primary N) is 1. The number of nitrogen functional groups attached to an aromatic ring is 1. The fourth-order valence-electron chi connectivity index (χ4n) is 1.39. The van der Waals surface area contributed by atoms with E-state index in [4.69, 9.17) is 15.2 Å². The quantitative estimate of drug-likeness (QED) is 0.735.